The quantitative estimate of drug-likeness (QED) is 0.559. The number of ether oxygens (including phenoxy) is 4. The van der Waals surface area contributed by atoms with Crippen LogP contribution in [0, 0.1) is 23.7 Å². The van der Waals surface area contributed by atoms with E-state index in [1.165, 1.54) is 0 Å². The van der Waals surface area contributed by atoms with E-state index in [1.807, 2.05) is 13.8 Å². The van der Waals surface area contributed by atoms with Gasteiger partial charge in [-0.2, -0.15) is 0 Å². The van der Waals surface area contributed by atoms with Gasteiger partial charge in [-0.25, -0.2) is 4.79 Å². The summed E-state index contributed by atoms with van der Waals surface area (Å²) in [6.45, 7) is 8.86. The van der Waals surface area contributed by atoms with Crippen LogP contribution in [0.1, 0.15) is 53.9 Å². The summed E-state index contributed by atoms with van der Waals surface area (Å²) in [4.78, 5) is 24.9. The Morgan fingerprint density at radius 1 is 1.24 bits per heavy atom. The standard InChI is InChI=1S/C19H28O6/c1-6-9(2)15(20)24-18(3,4)17(21)25-19(5)10-7-11-12(8-10)14(19)23-16-13(11)22-16/h9-14,16H,6-8H2,1-5H3. The molecule has 0 aromatic rings. The fraction of sp³-hybridized carbons (Fsp3) is 0.895. The Morgan fingerprint density at radius 3 is 2.60 bits per heavy atom. The van der Waals surface area contributed by atoms with E-state index in [0.717, 1.165) is 12.8 Å². The third kappa shape index (κ3) is 2.52. The van der Waals surface area contributed by atoms with Crippen molar-refractivity contribution in [3.05, 3.63) is 0 Å². The number of carbonyl (C=O) groups excluding carboxylic acids is 2. The average Bonchev–Trinajstić information content (AvgIpc) is 3.10. The fourth-order valence-electron chi connectivity index (χ4n) is 4.88. The summed E-state index contributed by atoms with van der Waals surface area (Å²) in [6.07, 6.45) is 2.70. The first-order valence-electron chi connectivity index (χ1n) is 9.44. The van der Waals surface area contributed by atoms with Crippen LogP contribution in [0.4, 0.5) is 0 Å². The molecule has 0 N–H and O–H groups in total. The minimum Gasteiger partial charge on any atom is -0.453 e. The van der Waals surface area contributed by atoms with Crippen molar-refractivity contribution in [2.45, 2.75) is 83.6 Å². The van der Waals surface area contributed by atoms with Crippen molar-refractivity contribution in [3.63, 3.8) is 0 Å². The number of fused-ring (bicyclic) bond motifs is 3. The van der Waals surface area contributed by atoms with Gasteiger partial charge in [-0.1, -0.05) is 13.8 Å². The van der Waals surface area contributed by atoms with Gasteiger partial charge in [0.25, 0.3) is 0 Å². The van der Waals surface area contributed by atoms with E-state index in [1.54, 1.807) is 20.8 Å². The van der Waals surface area contributed by atoms with Crippen molar-refractivity contribution in [2.75, 3.05) is 0 Å². The number of carbonyl (C=O) groups is 2. The Labute approximate surface area is 148 Å². The second kappa shape index (κ2) is 5.43. The van der Waals surface area contributed by atoms with Crippen molar-refractivity contribution in [2.24, 2.45) is 23.7 Å². The van der Waals surface area contributed by atoms with Gasteiger partial charge in [-0.05, 0) is 51.9 Å². The maximum Gasteiger partial charge on any atom is 0.350 e. The molecule has 2 saturated carbocycles. The molecule has 2 bridgehead atoms. The minimum atomic E-state index is -1.31. The van der Waals surface area contributed by atoms with Crippen LogP contribution in [0.2, 0.25) is 0 Å². The highest BCUT2D eigenvalue weighted by Crippen LogP contribution is 2.63. The van der Waals surface area contributed by atoms with Gasteiger partial charge in [0.05, 0.1) is 5.92 Å². The van der Waals surface area contributed by atoms with Crippen LogP contribution in [-0.2, 0) is 28.5 Å². The monoisotopic (exact) mass is 352 g/mol. The fourth-order valence-corrected chi connectivity index (χ4v) is 4.88. The van der Waals surface area contributed by atoms with E-state index in [-0.39, 0.29) is 36.3 Å². The SMILES string of the molecule is CCC(C)C(=O)OC(C)(C)C(=O)OC1(C)C2CC3C(C2)C1OC1OC13. The van der Waals surface area contributed by atoms with E-state index in [0.29, 0.717) is 18.3 Å². The molecule has 140 valence electrons. The van der Waals surface area contributed by atoms with Gasteiger partial charge in [0.2, 0.25) is 5.60 Å². The topological polar surface area (TPSA) is 74.4 Å². The second-order valence-corrected chi connectivity index (χ2v) is 8.84. The number of epoxide rings is 1. The summed E-state index contributed by atoms with van der Waals surface area (Å²) in [5, 5.41) is 0. The lowest BCUT2D eigenvalue weighted by atomic mass is 9.74. The Morgan fingerprint density at radius 2 is 1.92 bits per heavy atom. The molecule has 4 aliphatic rings. The summed E-state index contributed by atoms with van der Waals surface area (Å²) in [5.41, 5.74) is -1.98. The highest BCUT2D eigenvalue weighted by molar-refractivity contribution is 5.83. The molecule has 6 nitrogen and oxygen atoms in total. The molecule has 2 aliphatic heterocycles. The molecule has 8 atom stereocenters. The molecule has 0 amide bonds. The molecule has 6 heteroatoms. The summed E-state index contributed by atoms with van der Waals surface area (Å²) in [5.74, 6) is 0.109. The minimum absolute atomic E-state index is 0.120. The molecule has 8 unspecified atom stereocenters. The summed E-state index contributed by atoms with van der Waals surface area (Å²) in [7, 11) is 0. The third-order valence-electron chi connectivity index (χ3n) is 6.79. The predicted molar refractivity (Wildman–Crippen MR) is 87.4 cm³/mol. The van der Waals surface area contributed by atoms with Crippen LogP contribution < -0.4 is 0 Å². The van der Waals surface area contributed by atoms with Crippen molar-refractivity contribution >= 4 is 11.9 Å². The highest BCUT2D eigenvalue weighted by atomic mass is 16.8. The van der Waals surface area contributed by atoms with Crippen LogP contribution in [0.25, 0.3) is 0 Å². The Balaban J connectivity index is 1.46. The normalized spacial score (nSPS) is 44.8. The zero-order valence-electron chi connectivity index (χ0n) is 15.6. The van der Waals surface area contributed by atoms with Gasteiger partial charge in [0, 0.05) is 5.92 Å². The zero-order valence-corrected chi connectivity index (χ0v) is 15.6. The van der Waals surface area contributed by atoms with Gasteiger partial charge in [-0.15, -0.1) is 0 Å². The van der Waals surface area contributed by atoms with Gasteiger partial charge >= 0.3 is 11.9 Å². The van der Waals surface area contributed by atoms with E-state index in [2.05, 4.69) is 0 Å². The van der Waals surface area contributed by atoms with E-state index < -0.39 is 17.2 Å². The van der Waals surface area contributed by atoms with Crippen LogP contribution in [-0.4, -0.2) is 41.6 Å². The molecule has 4 rings (SSSR count). The Kier molecular flexibility index (Phi) is 3.75. The van der Waals surface area contributed by atoms with Crippen molar-refractivity contribution in [1.29, 1.82) is 0 Å². The summed E-state index contributed by atoms with van der Waals surface area (Å²) < 4.78 is 23.1. The lowest BCUT2D eigenvalue weighted by Crippen LogP contribution is -2.57. The molecule has 0 spiro atoms. The molecular formula is C19H28O6. The van der Waals surface area contributed by atoms with Crippen LogP contribution >= 0.6 is 0 Å². The first kappa shape index (κ1) is 17.3. The predicted octanol–water partition coefficient (Wildman–Crippen LogP) is 2.44. The molecule has 4 fully saturated rings. The second-order valence-electron chi connectivity index (χ2n) is 8.84. The first-order valence-corrected chi connectivity index (χ1v) is 9.44. The largest absolute Gasteiger partial charge is 0.453 e. The molecule has 2 saturated heterocycles. The lowest BCUT2D eigenvalue weighted by molar-refractivity contribution is -0.218. The van der Waals surface area contributed by atoms with Crippen molar-refractivity contribution in [1.82, 2.24) is 0 Å². The van der Waals surface area contributed by atoms with Crippen molar-refractivity contribution in [3.8, 4) is 0 Å². The van der Waals surface area contributed by atoms with Crippen LogP contribution in [0.15, 0.2) is 0 Å². The van der Waals surface area contributed by atoms with E-state index >= 15 is 0 Å². The summed E-state index contributed by atoms with van der Waals surface area (Å²) >= 11 is 0. The van der Waals surface area contributed by atoms with Crippen LogP contribution in [0.5, 0.6) is 0 Å². The van der Waals surface area contributed by atoms with Gasteiger partial charge in [0.1, 0.15) is 17.8 Å². The number of esters is 2. The molecule has 0 aromatic heterocycles. The van der Waals surface area contributed by atoms with Gasteiger partial charge in [-0.3, -0.25) is 4.79 Å². The average molecular weight is 352 g/mol. The smallest absolute Gasteiger partial charge is 0.350 e. The maximum atomic E-state index is 12.8. The lowest BCUT2D eigenvalue weighted by Gasteiger charge is -2.45. The molecule has 2 heterocycles. The Hall–Kier alpha value is -1.14. The zero-order chi connectivity index (χ0) is 18.1. The third-order valence-corrected chi connectivity index (χ3v) is 6.79. The molecule has 0 radical (unpaired) electrons. The number of hydrogen-bond donors (Lipinski definition) is 0. The van der Waals surface area contributed by atoms with Gasteiger partial charge < -0.3 is 18.9 Å². The van der Waals surface area contributed by atoms with Crippen molar-refractivity contribution < 1.29 is 28.5 Å². The van der Waals surface area contributed by atoms with Gasteiger partial charge in [0.15, 0.2) is 6.29 Å². The number of rotatable bonds is 5. The molecule has 0 aromatic carbocycles. The van der Waals surface area contributed by atoms with E-state index in [4.69, 9.17) is 18.9 Å². The molecular weight excluding hydrogens is 324 g/mol. The maximum absolute atomic E-state index is 12.8. The number of hydrogen-bond acceptors (Lipinski definition) is 6. The van der Waals surface area contributed by atoms with E-state index in [9.17, 15) is 9.59 Å². The first-order chi connectivity index (χ1) is 11.7. The molecule has 2 aliphatic carbocycles. The van der Waals surface area contributed by atoms with Crippen LogP contribution in [0.3, 0.4) is 0 Å². The molecule has 25 heavy (non-hydrogen) atoms. The highest BCUT2D eigenvalue weighted by Gasteiger charge is 2.71. The summed E-state index contributed by atoms with van der Waals surface area (Å²) in [6, 6.07) is 0. The Bertz CT molecular complexity index is 601.